The van der Waals surface area contributed by atoms with Gasteiger partial charge in [-0.3, -0.25) is 0 Å². The molecule has 0 bridgehead atoms. The molecule has 2 rings (SSSR count). The first-order valence-corrected chi connectivity index (χ1v) is 9.29. The smallest absolute Gasteiger partial charge is 0.175 e. The van der Waals surface area contributed by atoms with Crippen molar-refractivity contribution in [3.8, 4) is 0 Å². The van der Waals surface area contributed by atoms with E-state index in [2.05, 4.69) is 23.7 Å². The van der Waals surface area contributed by atoms with Crippen LogP contribution >= 0.6 is 11.3 Å². The zero-order valence-corrected chi connectivity index (χ0v) is 13.5. The van der Waals surface area contributed by atoms with Gasteiger partial charge in [-0.05, 0) is 42.5 Å². The summed E-state index contributed by atoms with van der Waals surface area (Å²) in [6.45, 7) is 4.10. The van der Waals surface area contributed by atoms with Gasteiger partial charge < -0.3 is 5.32 Å². The number of nitrogens with one attached hydrogen (secondary N) is 1. The minimum absolute atomic E-state index is 0.212. The Hall–Kier alpha value is -1.33. The lowest BCUT2D eigenvalue weighted by Gasteiger charge is -2.19. The fourth-order valence-electron chi connectivity index (χ4n) is 2.04. The van der Waals surface area contributed by atoms with E-state index in [9.17, 15) is 8.42 Å². The quantitative estimate of drug-likeness (QED) is 0.907. The Kier molecular flexibility index (Phi) is 4.50. The van der Waals surface area contributed by atoms with Gasteiger partial charge in [0.25, 0.3) is 0 Å². The van der Waals surface area contributed by atoms with Gasteiger partial charge in [-0.15, -0.1) is 11.3 Å². The highest BCUT2D eigenvalue weighted by Gasteiger charge is 2.14. The average Bonchev–Trinajstić information content (AvgIpc) is 2.90. The number of hydrogen-bond acceptors (Lipinski definition) is 4. The van der Waals surface area contributed by atoms with Crippen LogP contribution < -0.4 is 5.32 Å². The van der Waals surface area contributed by atoms with Gasteiger partial charge in [0.1, 0.15) is 0 Å². The van der Waals surface area contributed by atoms with Crippen LogP contribution in [0.15, 0.2) is 40.6 Å². The highest BCUT2D eigenvalue weighted by molar-refractivity contribution is 7.90. The van der Waals surface area contributed by atoms with Crippen molar-refractivity contribution in [1.29, 1.82) is 0 Å². The Morgan fingerprint density at radius 2 is 2.05 bits per heavy atom. The van der Waals surface area contributed by atoms with E-state index >= 15 is 0 Å². The van der Waals surface area contributed by atoms with E-state index in [0.717, 1.165) is 17.7 Å². The molecule has 1 atom stereocenters. The Labute approximate surface area is 124 Å². The molecule has 1 unspecified atom stereocenters. The molecule has 0 spiro atoms. The van der Waals surface area contributed by atoms with Crippen molar-refractivity contribution in [1.82, 2.24) is 0 Å². The van der Waals surface area contributed by atoms with Crippen molar-refractivity contribution >= 4 is 26.9 Å². The Morgan fingerprint density at radius 1 is 1.30 bits per heavy atom. The van der Waals surface area contributed by atoms with Crippen molar-refractivity contribution in [2.75, 3.05) is 11.6 Å². The summed E-state index contributed by atoms with van der Waals surface area (Å²) < 4.78 is 23.3. The second kappa shape index (κ2) is 5.97. The molecule has 1 aromatic carbocycles. The highest BCUT2D eigenvalue weighted by Crippen LogP contribution is 2.29. The maximum absolute atomic E-state index is 11.7. The van der Waals surface area contributed by atoms with E-state index in [4.69, 9.17) is 0 Å². The van der Waals surface area contributed by atoms with Crippen molar-refractivity contribution in [3.63, 3.8) is 0 Å². The molecule has 0 saturated heterocycles. The largest absolute Gasteiger partial charge is 0.377 e. The third-order valence-electron chi connectivity index (χ3n) is 3.26. The molecule has 20 heavy (non-hydrogen) atoms. The van der Waals surface area contributed by atoms with E-state index in [1.165, 1.54) is 11.1 Å². The zero-order valence-electron chi connectivity index (χ0n) is 11.9. The number of aryl methyl sites for hydroxylation is 1. The molecule has 3 nitrogen and oxygen atoms in total. The number of rotatable bonds is 5. The van der Waals surface area contributed by atoms with Crippen LogP contribution in [0.4, 0.5) is 5.69 Å². The molecule has 0 radical (unpaired) electrons. The summed E-state index contributed by atoms with van der Waals surface area (Å²) in [5.41, 5.74) is 1.93. The molecule has 1 heterocycles. The number of hydrogen-bond donors (Lipinski definition) is 1. The molecule has 1 aromatic heterocycles. The number of benzene rings is 1. The topological polar surface area (TPSA) is 46.2 Å². The molecular formula is C15H19NO2S2. The standard InChI is InChI=1S/C15H19NO2S2/c1-4-13(15-6-5-9-19-15)16-14-10-12(20(3,17)18)8-7-11(14)2/h5-10,13,16H,4H2,1-3H3. The lowest BCUT2D eigenvalue weighted by atomic mass is 10.1. The molecule has 0 amide bonds. The molecule has 0 aliphatic heterocycles. The summed E-state index contributed by atoms with van der Waals surface area (Å²) in [5, 5.41) is 5.51. The maximum Gasteiger partial charge on any atom is 0.175 e. The predicted molar refractivity (Wildman–Crippen MR) is 85.3 cm³/mol. The second-order valence-corrected chi connectivity index (χ2v) is 7.86. The van der Waals surface area contributed by atoms with Crippen LogP contribution in [0.1, 0.15) is 29.8 Å². The first-order valence-electron chi connectivity index (χ1n) is 6.52. The van der Waals surface area contributed by atoms with Crippen LogP contribution in [0.5, 0.6) is 0 Å². The van der Waals surface area contributed by atoms with Gasteiger partial charge >= 0.3 is 0 Å². The first-order chi connectivity index (χ1) is 9.41. The van der Waals surface area contributed by atoms with Gasteiger partial charge in [-0.2, -0.15) is 0 Å². The van der Waals surface area contributed by atoms with Crippen molar-refractivity contribution < 1.29 is 8.42 Å². The van der Waals surface area contributed by atoms with Crippen LogP contribution in [0, 0.1) is 6.92 Å². The molecule has 0 saturated carbocycles. The van der Waals surface area contributed by atoms with Crippen molar-refractivity contribution in [2.24, 2.45) is 0 Å². The molecule has 1 N–H and O–H groups in total. The highest BCUT2D eigenvalue weighted by atomic mass is 32.2. The van der Waals surface area contributed by atoms with E-state index in [1.54, 1.807) is 23.5 Å². The van der Waals surface area contributed by atoms with Crippen molar-refractivity contribution in [2.45, 2.75) is 31.2 Å². The van der Waals surface area contributed by atoms with Crippen LogP contribution in [-0.2, 0) is 9.84 Å². The molecule has 5 heteroatoms. The van der Waals surface area contributed by atoms with Gasteiger partial charge in [0.15, 0.2) is 9.84 Å². The summed E-state index contributed by atoms with van der Waals surface area (Å²) in [7, 11) is -3.18. The van der Waals surface area contributed by atoms with Gasteiger partial charge in [0.2, 0.25) is 0 Å². The third kappa shape index (κ3) is 3.41. The average molecular weight is 309 g/mol. The molecule has 0 fully saturated rings. The fourth-order valence-corrected chi connectivity index (χ4v) is 3.55. The minimum Gasteiger partial charge on any atom is -0.377 e. The lowest BCUT2D eigenvalue weighted by Crippen LogP contribution is -2.10. The summed E-state index contributed by atoms with van der Waals surface area (Å²) in [6.07, 6.45) is 2.18. The van der Waals surface area contributed by atoms with Gasteiger partial charge in [0.05, 0.1) is 10.9 Å². The first kappa shape index (κ1) is 15.1. The summed E-state index contributed by atoms with van der Waals surface area (Å²) >= 11 is 1.71. The molecular weight excluding hydrogens is 290 g/mol. The van der Waals surface area contributed by atoms with Crippen LogP contribution in [0.2, 0.25) is 0 Å². The Balaban J connectivity index is 2.33. The molecule has 2 aromatic rings. The molecule has 0 aliphatic rings. The van der Waals surface area contributed by atoms with Crippen molar-refractivity contribution in [3.05, 3.63) is 46.2 Å². The number of sulfone groups is 1. The van der Waals surface area contributed by atoms with E-state index < -0.39 is 9.84 Å². The molecule has 108 valence electrons. The van der Waals surface area contributed by atoms with Crippen LogP contribution in [0.25, 0.3) is 0 Å². The SMILES string of the molecule is CCC(Nc1cc(S(C)(=O)=O)ccc1C)c1cccs1. The van der Waals surface area contributed by atoms with Crippen LogP contribution in [-0.4, -0.2) is 14.7 Å². The van der Waals surface area contributed by atoms with Crippen LogP contribution in [0.3, 0.4) is 0 Å². The summed E-state index contributed by atoms with van der Waals surface area (Å²) in [6, 6.07) is 9.57. The third-order valence-corrected chi connectivity index (χ3v) is 5.36. The van der Waals surface area contributed by atoms with E-state index in [1.807, 2.05) is 19.1 Å². The Bertz CT molecular complexity index is 676. The monoisotopic (exact) mass is 309 g/mol. The number of thiophene rings is 1. The fraction of sp³-hybridized carbons (Fsp3) is 0.333. The second-order valence-electron chi connectivity index (χ2n) is 4.87. The Morgan fingerprint density at radius 3 is 2.60 bits per heavy atom. The normalized spacial score (nSPS) is 13.2. The predicted octanol–water partition coefficient (Wildman–Crippen LogP) is 4.02. The lowest BCUT2D eigenvalue weighted by molar-refractivity contribution is 0.602. The van der Waals surface area contributed by atoms with Gasteiger partial charge in [0, 0.05) is 16.8 Å². The minimum atomic E-state index is -3.18. The zero-order chi connectivity index (χ0) is 14.8. The van der Waals surface area contributed by atoms with E-state index in [0.29, 0.717) is 4.90 Å². The van der Waals surface area contributed by atoms with Gasteiger partial charge in [-0.25, -0.2) is 8.42 Å². The van der Waals surface area contributed by atoms with E-state index in [-0.39, 0.29) is 6.04 Å². The molecule has 0 aliphatic carbocycles. The summed E-state index contributed by atoms with van der Waals surface area (Å²) in [5.74, 6) is 0. The number of anilines is 1. The van der Waals surface area contributed by atoms with Gasteiger partial charge in [-0.1, -0.05) is 19.1 Å². The maximum atomic E-state index is 11.7. The summed E-state index contributed by atoms with van der Waals surface area (Å²) in [4.78, 5) is 1.61.